The number of nitro groups is 1. The van der Waals surface area contributed by atoms with Crippen molar-refractivity contribution in [1.82, 2.24) is 3.96 Å². The van der Waals surface area contributed by atoms with Gasteiger partial charge in [-0.2, -0.15) is 0 Å². The van der Waals surface area contributed by atoms with Crippen molar-refractivity contribution >= 4 is 33.3 Å². The summed E-state index contributed by atoms with van der Waals surface area (Å²) >= 11 is 1.15. The molecule has 1 heterocycles. The van der Waals surface area contributed by atoms with E-state index in [0.29, 0.717) is 5.39 Å². The standard InChI is InChI=1S/C16H12N2O6S/c19-14(9-17-15(20)12-6-1-2-7-13(12)25-17)24-16(21)10-4-3-5-11(8-10)18(22)23/h1-8,14,19H,9H2. The molecular weight excluding hydrogens is 348 g/mol. The Labute approximate surface area is 144 Å². The molecule has 0 aliphatic heterocycles. The minimum atomic E-state index is -1.56. The quantitative estimate of drug-likeness (QED) is 0.323. The average molecular weight is 360 g/mol. The molecule has 9 heteroatoms. The van der Waals surface area contributed by atoms with E-state index >= 15 is 0 Å². The van der Waals surface area contributed by atoms with Crippen molar-refractivity contribution < 1.29 is 19.6 Å². The Morgan fingerprint density at radius 1 is 1.28 bits per heavy atom. The summed E-state index contributed by atoms with van der Waals surface area (Å²) < 4.78 is 6.91. The van der Waals surface area contributed by atoms with Crippen LogP contribution < -0.4 is 5.56 Å². The number of aromatic nitrogens is 1. The van der Waals surface area contributed by atoms with Gasteiger partial charge in [0.15, 0.2) is 0 Å². The van der Waals surface area contributed by atoms with Gasteiger partial charge in [0.2, 0.25) is 6.29 Å². The fourth-order valence-corrected chi connectivity index (χ4v) is 3.27. The van der Waals surface area contributed by atoms with Crippen LogP contribution in [0.25, 0.3) is 10.1 Å². The van der Waals surface area contributed by atoms with E-state index in [9.17, 15) is 24.8 Å². The summed E-state index contributed by atoms with van der Waals surface area (Å²) in [5.41, 5.74) is -0.604. The molecule has 1 unspecified atom stereocenters. The number of carbonyl (C=O) groups is 1. The molecule has 1 atom stereocenters. The van der Waals surface area contributed by atoms with Crippen molar-refractivity contribution in [3.63, 3.8) is 0 Å². The molecule has 0 bridgehead atoms. The number of carbonyl (C=O) groups excluding carboxylic acids is 1. The van der Waals surface area contributed by atoms with E-state index in [1.807, 2.05) is 0 Å². The molecule has 0 spiro atoms. The van der Waals surface area contributed by atoms with Crippen LogP contribution in [0.1, 0.15) is 10.4 Å². The van der Waals surface area contributed by atoms with Gasteiger partial charge >= 0.3 is 5.97 Å². The van der Waals surface area contributed by atoms with Crippen LogP contribution >= 0.6 is 11.5 Å². The van der Waals surface area contributed by atoms with Crippen LogP contribution in [0.2, 0.25) is 0 Å². The molecule has 3 rings (SSSR count). The van der Waals surface area contributed by atoms with Gasteiger partial charge < -0.3 is 9.84 Å². The normalized spacial score (nSPS) is 12.0. The van der Waals surface area contributed by atoms with Crippen molar-refractivity contribution in [3.05, 3.63) is 74.6 Å². The molecule has 0 fully saturated rings. The lowest BCUT2D eigenvalue weighted by atomic mass is 10.2. The fraction of sp³-hybridized carbons (Fsp3) is 0.125. The molecule has 25 heavy (non-hydrogen) atoms. The van der Waals surface area contributed by atoms with Gasteiger partial charge in [-0.25, -0.2) is 4.79 Å². The molecule has 1 aromatic heterocycles. The number of esters is 1. The fourth-order valence-electron chi connectivity index (χ4n) is 2.25. The molecule has 1 N–H and O–H groups in total. The maximum atomic E-state index is 12.2. The maximum absolute atomic E-state index is 12.2. The van der Waals surface area contributed by atoms with E-state index in [1.165, 1.54) is 22.2 Å². The second-order valence-electron chi connectivity index (χ2n) is 5.12. The predicted octanol–water partition coefficient (Wildman–Crippen LogP) is 2.15. The van der Waals surface area contributed by atoms with Gasteiger partial charge in [0.05, 0.1) is 27.1 Å². The lowest BCUT2D eigenvalue weighted by Gasteiger charge is -2.11. The number of hydrogen-bond acceptors (Lipinski definition) is 7. The Kier molecular flexibility index (Phi) is 4.59. The summed E-state index contributed by atoms with van der Waals surface area (Å²) in [6.07, 6.45) is -1.56. The lowest BCUT2D eigenvalue weighted by molar-refractivity contribution is -0.384. The second kappa shape index (κ2) is 6.83. The van der Waals surface area contributed by atoms with Crippen molar-refractivity contribution in [2.24, 2.45) is 0 Å². The van der Waals surface area contributed by atoms with Crippen molar-refractivity contribution in [2.75, 3.05) is 0 Å². The van der Waals surface area contributed by atoms with E-state index in [0.717, 1.165) is 22.3 Å². The first-order valence-corrected chi connectivity index (χ1v) is 7.95. The first-order valence-electron chi connectivity index (χ1n) is 7.18. The van der Waals surface area contributed by atoms with Crippen molar-refractivity contribution in [2.45, 2.75) is 12.8 Å². The van der Waals surface area contributed by atoms with E-state index in [1.54, 1.807) is 24.3 Å². The molecule has 0 aliphatic carbocycles. The average Bonchev–Trinajstić information content (AvgIpc) is 2.91. The van der Waals surface area contributed by atoms with Gasteiger partial charge in [0.1, 0.15) is 0 Å². The Morgan fingerprint density at radius 2 is 2.04 bits per heavy atom. The van der Waals surface area contributed by atoms with Gasteiger partial charge in [-0.05, 0) is 18.2 Å². The van der Waals surface area contributed by atoms with E-state index in [-0.39, 0.29) is 23.4 Å². The number of non-ortho nitro benzene ring substituents is 1. The topological polar surface area (TPSA) is 112 Å². The summed E-state index contributed by atoms with van der Waals surface area (Å²) in [5.74, 6) is -0.912. The number of nitrogens with zero attached hydrogens (tertiary/aromatic N) is 2. The summed E-state index contributed by atoms with van der Waals surface area (Å²) in [6, 6.07) is 12.0. The third kappa shape index (κ3) is 3.57. The number of fused-ring (bicyclic) bond motifs is 1. The minimum Gasteiger partial charge on any atom is -0.430 e. The monoisotopic (exact) mass is 360 g/mol. The largest absolute Gasteiger partial charge is 0.430 e. The SMILES string of the molecule is O=C(OC(O)Cn1sc2ccccc2c1=O)c1cccc([N+](=O)[O-])c1. The van der Waals surface area contributed by atoms with E-state index < -0.39 is 17.2 Å². The molecule has 128 valence electrons. The molecule has 8 nitrogen and oxygen atoms in total. The van der Waals surface area contributed by atoms with Crippen molar-refractivity contribution in [1.29, 1.82) is 0 Å². The number of nitro benzene ring substituents is 1. The first-order chi connectivity index (χ1) is 12.0. The summed E-state index contributed by atoms with van der Waals surface area (Å²) in [7, 11) is 0. The van der Waals surface area contributed by atoms with Gasteiger partial charge in [-0.3, -0.25) is 18.9 Å². The number of ether oxygens (including phenoxy) is 1. The molecule has 0 aliphatic rings. The van der Waals surface area contributed by atoms with E-state index in [2.05, 4.69) is 0 Å². The maximum Gasteiger partial charge on any atom is 0.340 e. The Bertz CT molecular complexity index is 1010. The van der Waals surface area contributed by atoms with Crippen LogP contribution in [0.4, 0.5) is 5.69 Å². The van der Waals surface area contributed by atoms with Crippen LogP contribution in [0.5, 0.6) is 0 Å². The van der Waals surface area contributed by atoms with Gasteiger partial charge in [-0.1, -0.05) is 29.7 Å². The van der Waals surface area contributed by atoms with Crippen LogP contribution in [-0.2, 0) is 11.3 Å². The van der Waals surface area contributed by atoms with Gasteiger partial charge in [-0.15, -0.1) is 0 Å². The molecule has 0 radical (unpaired) electrons. The van der Waals surface area contributed by atoms with Crippen LogP contribution in [0, 0.1) is 10.1 Å². The highest BCUT2D eigenvalue weighted by Gasteiger charge is 2.18. The molecule has 0 saturated heterocycles. The highest BCUT2D eigenvalue weighted by atomic mass is 32.1. The minimum absolute atomic E-state index is 0.0584. The number of aliphatic hydroxyl groups excluding tert-OH is 1. The second-order valence-corrected chi connectivity index (χ2v) is 6.18. The molecule has 0 amide bonds. The lowest BCUT2D eigenvalue weighted by Crippen LogP contribution is -2.26. The summed E-state index contributed by atoms with van der Waals surface area (Å²) in [4.78, 5) is 34.3. The Hall–Kier alpha value is -3.04. The summed E-state index contributed by atoms with van der Waals surface area (Å²) in [6.45, 7) is -0.223. The van der Waals surface area contributed by atoms with Crippen molar-refractivity contribution in [3.8, 4) is 0 Å². The van der Waals surface area contributed by atoms with Crippen LogP contribution in [0.15, 0.2) is 53.3 Å². The number of rotatable bonds is 5. The highest BCUT2D eigenvalue weighted by Crippen LogP contribution is 2.17. The third-order valence-electron chi connectivity index (χ3n) is 3.41. The third-order valence-corrected chi connectivity index (χ3v) is 4.50. The molecule has 2 aromatic carbocycles. The summed E-state index contributed by atoms with van der Waals surface area (Å²) in [5, 5.41) is 21.2. The zero-order chi connectivity index (χ0) is 18.0. The molecule has 3 aromatic rings. The highest BCUT2D eigenvalue weighted by molar-refractivity contribution is 7.13. The number of hydrogen-bond donors (Lipinski definition) is 1. The predicted molar refractivity (Wildman–Crippen MR) is 90.6 cm³/mol. The molecular formula is C16H12N2O6S. The number of aliphatic hydroxyl groups is 1. The Balaban J connectivity index is 1.73. The van der Waals surface area contributed by atoms with Crippen LogP contribution in [0.3, 0.4) is 0 Å². The zero-order valence-corrected chi connectivity index (χ0v) is 13.5. The van der Waals surface area contributed by atoms with Crippen LogP contribution in [-0.4, -0.2) is 26.2 Å². The van der Waals surface area contributed by atoms with Gasteiger partial charge in [0.25, 0.3) is 11.2 Å². The molecule has 0 saturated carbocycles. The number of benzene rings is 2. The van der Waals surface area contributed by atoms with E-state index in [4.69, 9.17) is 4.74 Å². The van der Waals surface area contributed by atoms with Gasteiger partial charge in [0, 0.05) is 12.1 Å². The zero-order valence-electron chi connectivity index (χ0n) is 12.7. The Morgan fingerprint density at radius 3 is 2.76 bits per heavy atom. The smallest absolute Gasteiger partial charge is 0.340 e. The first kappa shape index (κ1) is 16.8.